The molecule has 114 valence electrons. The van der Waals surface area contributed by atoms with Crippen LogP contribution in [-0.4, -0.2) is 9.67 Å². The Morgan fingerprint density at radius 3 is 2.70 bits per heavy atom. The van der Waals surface area contributed by atoms with Crippen LogP contribution in [0, 0.1) is 11.3 Å². The fourth-order valence-corrected chi connectivity index (χ4v) is 2.73. The number of aromatic nitrogens is 1. The van der Waals surface area contributed by atoms with Crippen LogP contribution >= 0.6 is 0 Å². The standard InChI is InChI=1S/C19H17N3O/c1-13(8-9-20)18-12-22(11-14-2-5-16(23)6-3-14)19-7-4-15(21)10-17(18)19/h2-8,10,12,23H,11,21H2,1H3/b13-8+. The van der Waals surface area contributed by atoms with Gasteiger partial charge in [-0.05, 0) is 48.4 Å². The Balaban J connectivity index is 2.12. The summed E-state index contributed by atoms with van der Waals surface area (Å²) >= 11 is 0. The summed E-state index contributed by atoms with van der Waals surface area (Å²) in [7, 11) is 0. The SMILES string of the molecule is C/C(=C\C#N)c1cn(Cc2ccc(O)cc2)c2ccc(N)cc12. The van der Waals surface area contributed by atoms with Gasteiger partial charge < -0.3 is 15.4 Å². The van der Waals surface area contributed by atoms with E-state index in [9.17, 15) is 5.11 Å². The van der Waals surface area contributed by atoms with Crippen LogP contribution in [0.4, 0.5) is 5.69 Å². The quantitative estimate of drug-likeness (QED) is 0.569. The molecule has 4 heteroatoms. The number of fused-ring (bicyclic) bond motifs is 1. The van der Waals surface area contributed by atoms with E-state index >= 15 is 0 Å². The van der Waals surface area contributed by atoms with E-state index in [0.717, 1.165) is 27.6 Å². The normalized spacial score (nSPS) is 11.6. The van der Waals surface area contributed by atoms with Gasteiger partial charge in [0.1, 0.15) is 5.75 Å². The first-order valence-electron chi connectivity index (χ1n) is 7.31. The monoisotopic (exact) mass is 303 g/mol. The number of nitrogens with zero attached hydrogens (tertiary/aromatic N) is 2. The summed E-state index contributed by atoms with van der Waals surface area (Å²) in [5, 5.41) is 19.3. The molecule has 0 amide bonds. The average Bonchev–Trinajstić information content (AvgIpc) is 2.88. The van der Waals surface area contributed by atoms with E-state index in [1.165, 1.54) is 0 Å². The van der Waals surface area contributed by atoms with Crippen LogP contribution in [-0.2, 0) is 6.54 Å². The minimum atomic E-state index is 0.257. The van der Waals surface area contributed by atoms with Gasteiger partial charge in [0, 0.05) is 41.0 Å². The lowest BCUT2D eigenvalue weighted by Gasteiger charge is -2.06. The number of nitriles is 1. The summed E-state index contributed by atoms with van der Waals surface area (Å²) in [6.45, 7) is 2.60. The first kappa shape index (κ1) is 14.7. The van der Waals surface area contributed by atoms with Gasteiger partial charge in [0.15, 0.2) is 0 Å². The summed E-state index contributed by atoms with van der Waals surface area (Å²) in [5.41, 5.74) is 10.7. The summed E-state index contributed by atoms with van der Waals surface area (Å²) in [6.07, 6.45) is 3.59. The molecular formula is C19H17N3O. The zero-order valence-corrected chi connectivity index (χ0v) is 12.8. The lowest BCUT2D eigenvalue weighted by Crippen LogP contribution is -1.97. The van der Waals surface area contributed by atoms with Crippen LogP contribution in [0.2, 0.25) is 0 Å². The largest absolute Gasteiger partial charge is 0.508 e. The molecule has 3 N–H and O–H groups in total. The van der Waals surface area contributed by atoms with E-state index in [0.29, 0.717) is 12.2 Å². The first-order valence-corrected chi connectivity index (χ1v) is 7.31. The number of anilines is 1. The fourth-order valence-electron chi connectivity index (χ4n) is 2.73. The van der Waals surface area contributed by atoms with Gasteiger partial charge in [0.05, 0.1) is 6.07 Å². The molecule has 4 nitrogen and oxygen atoms in total. The Bertz CT molecular complexity index is 928. The summed E-state index contributed by atoms with van der Waals surface area (Å²) in [5.74, 6) is 0.257. The van der Waals surface area contributed by atoms with Crippen molar-refractivity contribution in [3.8, 4) is 11.8 Å². The van der Waals surface area contributed by atoms with Crippen molar-refractivity contribution in [2.45, 2.75) is 13.5 Å². The smallest absolute Gasteiger partial charge is 0.115 e. The second kappa shape index (κ2) is 5.90. The van der Waals surface area contributed by atoms with Crippen molar-refractivity contribution >= 4 is 22.2 Å². The molecule has 2 aromatic carbocycles. The van der Waals surface area contributed by atoms with E-state index in [2.05, 4.69) is 10.6 Å². The molecule has 0 saturated carbocycles. The van der Waals surface area contributed by atoms with Crippen LogP contribution < -0.4 is 5.73 Å². The molecule has 0 radical (unpaired) electrons. The molecule has 0 aliphatic rings. The molecule has 0 bridgehead atoms. The highest BCUT2D eigenvalue weighted by molar-refractivity contribution is 5.95. The van der Waals surface area contributed by atoms with Crippen molar-refractivity contribution < 1.29 is 5.11 Å². The van der Waals surface area contributed by atoms with Gasteiger partial charge >= 0.3 is 0 Å². The summed E-state index contributed by atoms with van der Waals surface area (Å²) in [6, 6.07) is 15.0. The Hall–Kier alpha value is -3.19. The highest BCUT2D eigenvalue weighted by atomic mass is 16.3. The van der Waals surface area contributed by atoms with Crippen LogP contribution in [0.3, 0.4) is 0 Å². The Kier molecular flexibility index (Phi) is 3.78. The summed E-state index contributed by atoms with van der Waals surface area (Å²) < 4.78 is 2.13. The lowest BCUT2D eigenvalue weighted by molar-refractivity contribution is 0.475. The molecule has 0 spiro atoms. The highest BCUT2D eigenvalue weighted by Crippen LogP contribution is 2.29. The Labute approximate surface area is 134 Å². The van der Waals surface area contributed by atoms with Crippen molar-refractivity contribution in [3.05, 3.63) is 65.9 Å². The van der Waals surface area contributed by atoms with E-state index < -0.39 is 0 Å². The van der Waals surface area contributed by atoms with E-state index in [1.807, 2.05) is 43.5 Å². The first-order chi connectivity index (χ1) is 11.1. The maximum Gasteiger partial charge on any atom is 0.115 e. The molecule has 1 aromatic heterocycles. The molecule has 3 rings (SSSR count). The maximum atomic E-state index is 9.40. The molecule has 0 aliphatic heterocycles. The minimum Gasteiger partial charge on any atom is -0.508 e. The number of rotatable bonds is 3. The van der Waals surface area contributed by atoms with Gasteiger partial charge in [-0.3, -0.25) is 0 Å². The Morgan fingerprint density at radius 2 is 2.00 bits per heavy atom. The fraction of sp³-hybridized carbons (Fsp3) is 0.105. The zero-order valence-electron chi connectivity index (χ0n) is 12.8. The topological polar surface area (TPSA) is 75.0 Å². The third-order valence-electron chi connectivity index (χ3n) is 3.90. The highest BCUT2D eigenvalue weighted by Gasteiger charge is 2.11. The number of phenols is 1. The molecule has 1 heterocycles. The van der Waals surface area contributed by atoms with Gasteiger partial charge in [0.25, 0.3) is 0 Å². The average molecular weight is 303 g/mol. The second-order valence-electron chi connectivity index (χ2n) is 5.57. The predicted octanol–water partition coefficient (Wildman–Crippen LogP) is 3.90. The maximum absolute atomic E-state index is 9.40. The molecular weight excluding hydrogens is 286 g/mol. The van der Waals surface area contributed by atoms with Crippen molar-refractivity contribution in [2.75, 3.05) is 5.73 Å². The number of benzene rings is 2. The third-order valence-corrected chi connectivity index (χ3v) is 3.90. The predicted molar refractivity (Wildman–Crippen MR) is 92.8 cm³/mol. The number of hydrogen-bond donors (Lipinski definition) is 2. The van der Waals surface area contributed by atoms with E-state index in [1.54, 1.807) is 18.2 Å². The molecule has 0 fully saturated rings. The second-order valence-corrected chi connectivity index (χ2v) is 5.57. The molecule has 23 heavy (non-hydrogen) atoms. The van der Waals surface area contributed by atoms with Gasteiger partial charge in [-0.2, -0.15) is 5.26 Å². The zero-order chi connectivity index (χ0) is 16.4. The van der Waals surface area contributed by atoms with Crippen LogP contribution in [0.5, 0.6) is 5.75 Å². The van der Waals surface area contributed by atoms with E-state index in [4.69, 9.17) is 11.0 Å². The molecule has 0 unspecified atom stereocenters. The van der Waals surface area contributed by atoms with Gasteiger partial charge in [0.2, 0.25) is 0 Å². The van der Waals surface area contributed by atoms with Crippen LogP contribution in [0.15, 0.2) is 54.7 Å². The van der Waals surface area contributed by atoms with Gasteiger partial charge in [-0.25, -0.2) is 0 Å². The molecule has 0 atom stereocenters. The summed E-state index contributed by atoms with van der Waals surface area (Å²) in [4.78, 5) is 0. The molecule has 0 saturated heterocycles. The third kappa shape index (κ3) is 2.90. The van der Waals surface area contributed by atoms with Crippen molar-refractivity contribution in [1.82, 2.24) is 4.57 Å². The van der Waals surface area contributed by atoms with E-state index in [-0.39, 0.29) is 5.75 Å². The number of nitrogens with two attached hydrogens (primary N) is 1. The number of nitrogen functional groups attached to an aromatic ring is 1. The molecule has 3 aromatic rings. The Morgan fingerprint density at radius 1 is 1.26 bits per heavy atom. The number of allylic oxidation sites excluding steroid dienone is 2. The lowest BCUT2D eigenvalue weighted by atomic mass is 10.1. The van der Waals surface area contributed by atoms with Crippen LogP contribution in [0.25, 0.3) is 16.5 Å². The van der Waals surface area contributed by atoms with Crippen molar-refractivity contribution in [3.63, 3.8) is 0 Å². The minimum absolute atomic E-state index is 0.257. The van der Waals surface area contributed by atoms with Gasteiger partial charge in [-0.1, -0.05) is 12.1 Å². The van der Waals surface area contributed by atoms with Crippen LogP contribution in [0.1, 0.15) is 18.1 Å². The van der Waals surface area contributed by atoms with Gasteiger partial charge in [-0.15, -0.1) is 0 Å². The number of phenolic OH excluding ortho intramolecular Hbond substituents is 1. The number of aromatic hydroxyl groups is 1. The van der Waals surface area contributed by atoms with Crippen molar-refractivity contribution in [1.29, 1.82) is 5.26 Å². The van der Waals surface area contributed by atoms with Crippen molar-refractivity contribution in [2.24, 2.45) is 0 Å². The molecule has 0 aliphatic carbocycles. The number of hydrogen-bond acceptors (Lipinski definition) is 3.